The summed E-state index contributed by atoms with van der Waals surface area (Å²) in [5.41, 5.74) is 0.120. The number of halogens is 3. The average Bonchev–Trinajstić information content (AvgIpc) is 2.33. The first-order valence-electron chi connectivity index (χ1n) is 4.98. The van der Waals surface area contributed by atoms with Crippen LogP contribution in [0.15, 0.2) is 42.5 Å². The Morgan fingerprint density at radius 1 is 0.882 bits per heavy atom. The van der Waals surface area contributed by atoms with Gasteiger partial charge in [0.15, 0.2) is 11.6 Å². The standard InChI is InChI=1S/C13H9F3O/c14-10-4-6-11(7-5-10)17-8-9-2-1-3-12(15)13(9)16/h1-7H,8H2. The van der Waals surface area contributed by atoms with Gasteiger partial charge in [-0.25, -0.2) is 13.2 Å². The second-order valence-electron chi connectivity index (χ2n) is 3.46. The van der Waals surface area contributed by atoms with Crippen molar-refractivity contribution >= 4 is 0 Å². The van der Waals surface area contributed by atoms with E-state index in [0.29, 0.717) is 5.75 Å². The van der Waals surface area contributed by atoms with Gasteiger partial charge < -0.3 is 4.74 Å². The Morgan fingerprint density at radius 2 is 1.59 bits per heavy atom. The van der Waals surface area contributed by atoms with E-state index in [2.05, 4.69) is 0 Å². The molecule has 0 aliphatic carbocycles. The van der Waals surface area contributed by atoms with Gasteiger partial charge in [0.05, 0.1) is 0 Å². The molecule has 88 valence electrons. The van der Waals surface area contributed by atoms with Crippen LogP contribution in [0.4, 0.5) is 13.2 Å². The van der Waals surface area contributed by atoms with Crippen molar-refractivity contribution in [2.24, 2.45) is 0 Å². The van der Waals surface area contributed by atoms with Gasteiger partial charge in [-0.15, -0.1) is 0 Å². The minimum Gasteiger partial charge on any atom is -0.489 e. The minimum absolute atomic E-state index is 0.102. The molecule has 0 bridgehead atoms. The molecule has 0 spiro atoms. The molecule has 1 nitrogen and oxygen atoms in total. The van der Waals surface area contributed by atoms with Crippen LogP contribution in [0.2, 0.25) is 0 Å². The van der Waals surface area contributed by atoms with E-state index in [9.17, 15) is 13.2 Å². The second-order valence-corrected chi connectivity index (χ2v) is 3.46. The third-order valence-electron chi connectivity index (χ3n) is 2.24. The predicted molar refractivity (Wildman–Crippen MR) is 57.1 cm³/mol. The molecule has 0 saturated carbocycles. The van der Waals surface area contributed by atoms with E-state index in [4.69, 9.17) is 4.74 Å². The zero-order chi connectivity index (χ0) is 12.3. The lowest BCUT2D eigenvalue weighted by Gasteiger charge is -2.07. The van der Waals surface area contributed by atoms with E-state index in [1.54, 1.807) is 0 Å². The third-order valence-corrected chi connectivity index (χ3v) is 2.24. The van der Waals surface area contributed by atoms with Crippen molar-refractivity contribution in [3.8, 4) is 5.75 Å². The minimum atomic E-state index is -0.922. The number of hydrogen-bond donors (Lipinski definition) is 0. The van der Waals surface area contributed by atoms with Crippen molar-refractivity contribution in [3.63, 3.8) is 0 Å². The summed E-state index contributed by atoms with van der Waals surface area (Å²) in [7, 11) is 0. The molecule has 2 aromatic rings. The van der Waals surface area contributed by atoms with Crippen LogP contribution < -0.4 is 4.74 Å². The largest absolute Gasteiger partial charge is 0.489 e. The lowest BCUT2D eigenvalue weighted by Crippen LogP contribution is -2.00. The first-order valence-corrected chi connectivity index (χ1v) is 4.98. The highest BCUT2D eigenvalue weighted by atomic mass is 19.2. The zero-order valence-electron chi connectivity index (χ0n) is 8.79. The summed E-state index contributed by atoms with van der Waals surface area (Å²) in [5.74, 6) is -1.82. The van der Waals surface area contributed by atoms with Gasteiger partial charge in [-0.05, 0) is 30.3 Å². The van der Waals surface area contributed by atoms with Gasteiger partial charge in [0, 0.05) is 5.56 Å². The van der Waals surface area contributed by atoms with E-state index < -0.39 is 11.6 Å². The highest BCUT2D eigenvalue weighted by molar-refractivity contribution is 5.24. The molecule has 0 fully saturated rings. The fourth-order valence-corrected chi connectivity index (χ4v) is 1.35. The fraction of sp³-hybridized carbons (Fsp3) is 0.0769. The molecule has 4 heteroatoms. The van der Waals surface area contributed by atoms with Gasteiger partial charge >= 0.3 is 0 Å². The van der Waals surface area contributed by atoms with Crippen LogP contribution in [0.1, 0.15) is 5.56 Å². The van der Waals surface area contributed by atoms with E-state index in [1.165, 1.54) is 36.4 Å². The van der Waals surface area contributed by atoms with Crippen molar-refractivity contribution in [1.82, 2.24) is 0 Å². The average molecular weight is 238 g/mol. The maximum absolute atomic E-state index is 13.3. The summed E-state index contributed by atoms with van der Waals surface area (Å²) in [6, 6.07) is 9.19. The Bertz CT molecular complexity index is 509. The molecule has 17 heavy (non-hydrogen) atoms. The maximum Gasteiger partial charge on any atom is 0.165 e. The van der Waals surface area contributed by atoms with Crippen molar-refractivity contribution < 1.29 is 17.9 Å². The molecule has 2 aromatic carbocycles. The van der Waals surface area contributed by atoms with Crippen LogP contribution >= 0.6 is 0 Å². The third kappa shape index (κ3) is 2.78. The summed E-state index contributed by atoms with van der Waals surface area (Å²) < 4.78 is 43.9. The van der Waals surface area contributed by atoms with Crippen LogP contribution in [0, 0.1) is 17.5 Å². The Morgan fingerprint density at radius 3 is 2.29 bits per heavy atom. The summed E-state index contributed by atoms with van der Waals surface area (Å²) in [6.45, 7) is -0.102. The Kier molecular flexibility index (Phi) is 3.32. The van der Waals surface area contributed by atoms with Gasteiger partial charge in [-0.3, -0.25) is 0 Å². The first kappa shape index (κ1) is 11.5. The molecule has 0 unspecified atom stereocenters. The topological polar surface area (TPSA) is 9.23 Å². The van der Waals surface area contributed by atoms with Gasteiger partial charge in [-0.1, -0.05) is 12.1 Å². The molecule has 0 radical (unpaired) electrons. The van der Waals surface area contributed by atoms with E-state index in [-0.39, 0.29) is 18.0 Å². The highest BCUT2D eigenvalue weighted by Crippen LogP contribution is 2.16. The smallest absolute Gasteiger partial charge is 0.165 e. The molecule has 0 aliphatic heterocycles. The first-order chi connectivity index (χ1) is 8.16. The lowest BCUT2D eigenvalue weighted by atomic mass is 10.2. The molecule has 0 saturated heterocycles. The number of benzene rings is 2. The molecule has 0 heterocycles. The second kappa shape index (κ2) is 4.91. The van der Waals surface area contributed by atoms with E-state index in [1.807, 2.05) is 0 Å². The zero-order valence-corrected chi connectivity index (χ0v) is 8.79. The van der Waals surface area contributed by atoms with Gasteiger partial charge in [0.1, 0.15) is 18.2 Å². The summed E-state index contributed by atoms with van der Waals surface area (Å²) in [4.78, 5) is 0. The molecule has 0 amide bonds. The van der Waals surface area contributed by atoms with Crippen molar-refractivity contribution in [2.45, 2.75) is 6.61 Å². The van der Waals surface area contributed by atoms with Gasteiger partial charge in [-0.2, -0.15) is 0 Å². The van der Waals surface area contributed by atoms with Crippen LogP contribution in [0.3, 0.4) is 0 Å². The molecular weight excluding hydrogens is 229 g/mol. The van der Waals surface area contributed by atoms with Crippen LogP contribution in [0.5, 0.6) is 5.75 Å². The van der Waals surface area contributed by atoms with Crippen LogP contribution in [-0.2, 0) is 6.61 Å². The lowest BCUT2D eigenvalue weighted by molar-refractivity contribution is 0.296. The summed E-state index contributed by atoms with van der Waals surface area (Å²) in [5, 5.41) is 0. The monoisotopic (exact) mass is 238 g/mol. The highest BCUT2D eigenvalue weighted by Gasteiger charge is 2.07. The van der Waals surface area contributed by atoms with Crippen molar-refractivity contribution in [1.29, 1.82) is 0 Å². The van der Waals surface area contributed by atoms with Crippen LogP contribution in [0.25, 0.3) is 0 Å². The molecule has 0 aromatic heterocycles. The van der Waals surface area contributed by atoms with E-state index >= 15 is 0 Å². The quantitative estimate of drug-likeness (QED) is 0.792. The van der Waals surface area contributed by atoms with Crippen molar-refractivity contribution in [2.75, 3.05) is 0 Å². The summed E-state index contributed by atoms with van der Waals surface area (Å²) >= 11 is 0. The number of ether oxygens (including phenoxy) is 1. The SMILES string of the molecule is Fc1ccc(OCc2cccc(F)c2F)cc1. The molecule has 2 rings (SSSR count). The normalized spacial score (nSPS) is 10.3. The molecule has 0 aliphatic rings. The van der Waals surface area contributed by atoms with Gasteiger partial charge in [0.25, 0.3) is 0 Å². The number of hydrogen-bond acceptors (Lipinski definition) is 1. The molecule has 0 atom stereocenters. The van der Waals surface area contributed by atoms with E-state index in [0.717, 1.165) is 6.07 Å². The number of rotatable bonds is 3. The molecular formula is C13H9F3O. The predicted octanol–water partition coefficient (Wildman–Crippen LogP) is 3.68. The molecule has 0 N–H and O–H groups in total. The van der Waals surface area contributed by atoms with Gasteiger partial charge in [0.2, 0.25) is 0 Å². The Labute approximate surface area is 96.5 Å². The van der Waals surface area contributed by atoms with Crippen LogP contribution in [-0.4, -0.2) is 0 Å². The Hall–Kier alpha value is -1.97. The fourth-order valence-electron chi connectivity index (χ4n) is 1.35. The Balaban J connectivity index is 2.07. The summed E-state index contributed by atoms with van der Waals surface area (Å²) in [6.07, 6.45) is 0. The maximum atomic E-state index is 13.3. The van der Waals surface area contributed by atoms with Crippen molar-refractivity contribution in [3.05, 3.63) is 65.5 Å².